The van der Waals surface area contributed by atoms with E-state index in [1.54, 1.807) is 0 Å². The van der Waals surface area contributed by atoms with Gasteiger partial charge in [0.15, 0.2) is 0 Å². The molecule has 1 saturated carbocycles. The van der Waals surface area contributed by atoms with Crippen LogP contribution in [0.2, 0.25) is 0 Å². The van der Waals surface area contributed by atoms with Crippen molar-refractivity contribution in [3.05, 3.63) is 70.2 Å². The van der Waals surface area contributed by atoms with E-state index in [1.807, 2.05) is 0 Å². The van der Waals surface area contributed by atoms with Gasteiger partial charge >= 0.3 is 0 Å². The minimum absolute atomic E-state index is 0. The summed E-state index contributed by atoms with van der Waals surface area (Å²) in [6, 6.07) is 19.1. The minimum atomic E-state index is -0.00334. The van der Waals surface area contributed by atoms with E-state index >= 15 is 0 Å². The van der Waals surface area contributed by atoms with Gasteiger partial charge in [-0.3, -0.25) is 0 Å². The number of hydrogen-bond acceptors (Lipinski definition) is 1. The first-order valence-electron chi connectivity index (χ1n) is 6.76. The van der Waals surface area contributed by atoms with Crippen LogP contribution in [0.1, 0.15) is 29.9 Å². The molecule has 0 amide bonds. The molecule has 2 aromatic carbocycles. The molecule has 0 unspecified atom stereocenters. The van der Waals surface area contributed by atoms with Gasteiger partial charge in [0.2, 0.25) is 0 Å². The van der Waals surface area contributed by atoms with Crippen molar-refractivity contribution in [3.8, 4) is 0 Å². The number of aryl methyl sites for hydroxylation is 1. The Hall–Kier alpha value is -0.830. The summed E-state index contributed by atoms with van der Waals surface area (Å²) in [6.45, 7) is 0. The van der Waals surface area contributed by atoms with E-state index in [1.165, 1.54) is 11.1 Å². The van der Waals surface area contributed by atoms with E-state index in [0.717, 1.165) is 23.7 Å². The highest BCUT2D eigenvalue weighted by Crippen LogP contribution is 2.52. The smallest absolute Gasteiger partial charge is 0.0234 e. The van der Waals surface area contributed by atoms with Gasteiger partial charge in [0.25, 0.3) is 0 Å². The van der Waals surface area contributed by atoms with Crippen LogP contribution < -0.4 is 5.73 Å². The molecule has 1 aliphatic carbocycles. The van der Waals surface area contributed by atoms with E-state index in [9.17, 15) is 0 Å². The molecule has 1 fully saturated rings. The maximum Gasteiger partial charge on any atom is 0.0234 e. The van der Waals surface area contributed by atoms with Gasteiger partial charge in [-0.05, 0) is 42.5 Å². The van der Waals surface area contributed by atoms with Crippen molar-refractivity contribution in [1.29, 1.82) is 0 Å². The molecule has 1 aliphatic rings. The maximum atomic E-state index is 6.51. The summed E-state index contributed by atoms with van der Waals surface area (Å²) in [7, 11) is 0. The van der Waals surface area contributed by atoms with Gasteiger partial charge in [-0.15, -0.1) is 12.4 Å². The average Bonchev–Trinajstić information content (AvgIpc) is 3.11. The normalized spacial score (nSPS) is 24.0. The predicted octanol–water partition coefficient (Wildman–Crippen LogP) is 4.69. The van der Waals surface area contributed by atoms with E-state index in [0.29, 0.717) is 5.92 Å². The summed E-state index contributed by atoms with van der Waals surface area (Å²) in [5.41, 5.74) is 9.25. The molecule has 0 heterocycles. The summed E-state index contributed by atoms with van der Waals surface area (Å²) >= 11 is 3.53. The van der Waals surface area contributed by atoms with Crippen molar-refractivity contribution in [2.24, 2.45) is 5.73 Å². The van der Waals surface area contributed by atoms with Crippen LogP contribution in [-0.2, 0) is 6.42 Å². The molecule has 0 aliphatic heterocycles. The predicted molar refractivity (Wildman–Crippen MR) is 90.4 cm³/mol. The fourth-order valence-electron chi connectivity index (χ4n) is 2.79. The Labute approximate surface area is 135 Å². The molecule has 2 N–H and O–H groups in total. The molecule has 2 aromatic rings. The number of rotatable bonds is 4. The fraction of sp³-hybridized carbons (Fsp3) is 0.294. The first-order chi connectivity index (χ1) is 9.17. The molecule has 0 saturated heterocycles. The topological polar surface area (TPSA) is 26.0 Å². The Bertz CT molecular complexity index is 572. The second kappa shape index (κ2) is 6.30. The van der Waals surface area contributed by atoms with Crippen molar-refractivity contribution in [1.82, 2.24) is 0 Å². The monoisotopic (exact) mass is 351 g/mol. The van der Waals surface area contributed by atoms with Gasteiger partial charge in [0.05, 0.1) is 0 Å². The fourth-order valence-corrected chi connectivity index (χ4v) is 3.21. The maximum absolute atomic E-state index is 6.51. The van der Waals surface area contributed by atoms with Gasteiger partial charge in [-0.25, -0.2) is 0 Å². The standard InChI is InChI=1S/C17H18BrN.ClH/c18-15-8-4-7-14(11-15)16-12-17(16,19)10-9-13-5-2-1-3-6-13;/h1-8,11,16H,9-10,12,19H2;1H/t16-,17+;/m1./s1. The van der Waals surface area contributed by atoms with E-state index in [-0.39, 0.29) is 17.9 Å². The van der Waals surface area contributed by atoms with Gasteiger partial charge < -0.3 is 5.73 Å². The number of nitrogens with two attached hydrogens (primary N) is 1. The summed E-state index contributed by atoms with van der Waals surface area (Å²) in [4.78, 5) is 0. The van der Waals surface area contributed by atoms with Gasteiger partial charge in [0.1, 0.15) is 0 Å². The third kappa shape index (κ3) is 3.43. The molecule has 106 valence electrons. The quantitative estimate of drug-likeness (QED) is 0.849. The molecule has 20 heavy (non-hydrogen) atoms. The lowest BCUT2D eigenvalue weighted by molar-refractivity contribution is 0.589. The molecule has 2 atom stereocenters. The van der Waals surface area contributed by atoms with Crippen LogP contribution in [-0.4, -0.2) is 5.54 Å². The second-order valence-corrected chi connectivity index (χ2v) is 6.45. The van der Waals surface area contributed by atoms with E-state index in [4.69, 9.17) is 5.73 Å². The van der Waals surface area contributed by atoms with E-state index < -0.39 is 0 Å². The van der Waals surface area contributed by atoms with Crippen LogP contribution >= 0.6 is 28.3 Å². The lowest BCUT2D eigenvalue weighted by atomic mass is 10.00. The molecule has 0 bridgehead atoms. The molecular formula is C17H19BrClN. The molecule has 0 spiro atoms. The zero-order valence-corrected chi connectivity index (χ0v) is 13.7. The Balaban J connectivity index is 0.00000147. The summed E-state index contributed by atoms with van der Waals surface area (Å²) in [5, 5.41) is 0. The molecule has 0 radical (unpaired) electrons. The molecule has 0 aromatic heterocycles. The highest BCUT2D eigenvalue weighted by molar-refractivity contribution is 9.10. The second-order valence-electron chi connectivity index (χ2n) is 5.53. The third-order valence-corrected chi connectivity index (χ3v) is 4.58. The van der Waals surface area contributed by atoms with Crippen molar-refractivity contribution in [2.75, 3.05) is 0 Å². The lowest BCUT2D eigenvalue weighted by Crippen LogP contribution is -2.25. The number of hydrogen-bond donors (Lipinski definition) is 1. The van der Waals surface area contributed by atoms with E-state index in [2.05, 4.69) is 70.5 Å². The highest BCUT2D eigenvalue weighted by atomic mass is 79.9. The van der Waals surface area contributed by atoms with Crippen molar-refractivity contribution in [3.63, 3.8) is 0 Å². The van der Waals surface area contributed by atoms with Crippen LogP contribution in [0.25, 0.3) is 0 Å². The zero-order valence-electron chi connectivity index (χ0n) is 11.3. The summed E-state index contributed by atoms with van der Waals surface area (Å²) < 4.78 is 1.14. The SMILES string of the molecule is Cl.N[C@@]1(CCc2ccccc2)C[C@@H]1c1cccc(Br)c1. The van der Waals surface area contributed by atoms with Crippen LogP contribution in [0.15, 0.2) is 59.1 Å². The molecule has 1 nitrogen and oxygen atoms in total. The average molecular weight is 353 g/mol. The third-order valence-electron chi connectivity index (χ3n) is 4.09. The summed E-state index contributed by atoms with van der Waals surface area (Å²) in [6.07, 6.45) is 3.24. The zero-order chi connectivity index (χ0) is 13.3. The van der Waals surface area contributed by atoms with Crippen LogP contribution in [0, 0.1) is 0 Å². The Morgan fingerprint density at radius 1 is 1.10 bits per heavy atom. The van der Waals surface area contributed by atoms with Gasteiger partial charge in [-0.1, -0.05) is 58.4 Å². The van der Waals surface area contributed by atoms with Crippen molar-refractivity contribution >= 4 is 28.3 Å². The molecular weight excluding hydrogens is 334 g/mol. The largest absolute Gasteiger partial charge is 0.325 e. The Kier molecular flexibility index (Phi) is 4.90. The van der Waals surface area contributed by atoms with Gasteiger partial charge in [-0.2, -0.15) is 0 Å². The Morgan fingerprint density at radius 3 is 2.55 bits per heavy atom. The number of benzene rings is 2. The lowest BCUT2D eigenvalue weighted by Gasteiger charge is -2.12. The van der Waals surface area contributed by atoms with Crippen LogP contribution in [0.3, 0.4) is 0 Å². The van der Waals surface area contributed by atoms with Crippen molar-refractivity contribution < 1.29 is 0 Å². The van der Waals surface area contributed by atoms with Crippen molar-refractivity contribution in [2.45, 2.75) is 30.7 Å². The minimum Gasteiger partial charge on any atom is -0.325 e. The first-order valence-corrected chi connectivity index (χ1v) is 7.55. The first kappa shape index (κ1) is 15.6. The highest BCUT2D eigenvalue weighted by Gasteiger charge is 2.50. The Morgan fingerprint density at radius 2 is 1.85 bits per heavy atom. The van der Waals surface area contributed by atoms with Gasteiger partial charge in [0, 0.05) is 15.9 Å². The molecule has 3 heteroatoms. The molecule has 3 rings (SSSR count). The number of halogens is 2. The van der Waals surface area contributed by atoms with Crippen LogP contribution in [0.5, 0.6) is 0 Å². The van der Waals surface area contributed by atoms with Crippen LogP contribution in [0.4, 0.5) is 0 Å². The summed E-state index contributed by atoms with van der Waals surface area (Å²) in [5.74, 6) is 0.522.